The molecule has 0 unspecified atom stereocenters. The number of ether oxygens (including phenoxy) is 1. The van der Waals surface area contributed by atoms with Crippen LogP contribution in [0.5, 0.6) is 5.75 Å². The first-order valence-electron chi connectivity index (χ1n) is 7.63. The summed E-state index contributed by atoms with van der Waals surface area (Å²) in [5.74, 6) is 1.96. The highest BCUT2D eigenvalue weighted by Crippen LogP contribution is 2.16. The molecule has 6 heteroatoms. The summed E-state index contributed by atoms with van der Waals surface area (Å²) in [5, 5.41) is 14.4. The second kappa shape index (κ2) is 7.41. The van der Waals surface area contributed by atoms with Crippen LogP contribution in [0.15, 0.2) is 54.7 Å². The monoisotopic (exact) mass is 321 g/mol. The van der Waals surface area contributed by atoms with Gasteiger partial charge in [0.05, 0.1) is 13.3 Å². The van der Waals surface area contributed by atoms with Crippen molar-refractivity contribution in [3.63, 3.8) is 0 Å². The average Bonchev–Trinajstić information content (AvgIpc) is 2.61. The predicted molar refractivity (Wildman–Crippen MR) is 94.6 cm³/mol. The fourth-order valence-corrected chi connectivity index (χ4v) is 2.23. The highest BCUT2D eigenvalue weighted by Gasteiger charge is 2.02. The Bertz CT molecular complexity index is 805. The van der Waals surface area contributed by atoms with E-state index in [1.165, 1.54) is 5.56 Å². The van der Waals surface area contributed by atoms with Crippen LogP contribution in [0.4, 0.5) is 17.5 Å². The Hall–Kier alpha value is -3.15. The van der Waals surface area contributed by atoms with Crippen LogP contribution < -0.4 is 15.4 Å². The maximum Gasteiger partial charge on any atom is 0.249 e. The van der Waals surface area contributed by atoms with Gasteiger partial charge < -0.3 is 15.4 Å². The molecule has 0 amide bonds. The third-order valence-corrected chi connectivity index (χ3v) is 3.47. The Kier molecular flexibility index (Phi) is 4.86. The van der Waals surface area contributed by atoms with Gasteiger partial charge in [-0.25, -0.2) is 0 Å². The lowest BCUT2D eigenvalue weighted by molar-refractivity contribution is 0.414. The van der Waals surface area contributed by atoms with Gasteiger partial charge in [0.15, 0.2) is 5.82 Å². The molecule has 0 saturated carbocycles. The van der Waals surface area contributed by atoms with E-state index in [1.54, 1.807) is 13.3 Å². The normalized spacial score (nSPS) is 10.2. The minimum Gasteiger partial charge on any atom is -0.497 e. The van der Waals surface area contributed by atoms with E-state index in [2.05, 4.69) is 25.8 Å². The van der Waals surface area contributed by atoms with Gasteiger partial charge in [0, 0.05) is 12.2 Å². The molecule has 0 aliphatic rings. The molecular formula is C18H19N5O. The van der Waals surface area contributed by atoms with Crippen molar-refractivity contribution in [2.24, 2.45) is 0 Å². The molecule has 0 radical (unpaired) electrons. The SMILES string of the molecule is COc1ccc(CNc2cnnc(Nc3cccc(C)c3)n2)cc1. The largest absolute Gasteiger partial charge is 0.497 e. The van der Waals surface area contributed by atoms with Crippen LogP contribution in [0.1, 0.15) is 11.1 Å². The minimum absolute atomic E-state index is 0.459. The summed E-state index contributed by atoms with van der Waals surface area (Å²) < 4.78 is 5.15. The Labute approximate surface area is 140 Å². The van der Waals surface area contributed by atoms with Crippen LogP contribution >= 0.6 is 0 Å². The summed E-state index contributed by atoms with van der Waals surface area (Å²) in [6, 6.07) is 15.9. The van der Waals surface area contributed by atoms with E-state index < -0.39 is 0 Å². The molecule has 0 aliphatic heterocycles. The average molecular weight is 321 g/mol. The van der Waals surface area contributed by atoms with Crippen LogP contribution in [0.2, 0.25) is 0 Å². The number of nitrogens with one attached hydrogen (secondary N) is 2. The molecule has 0 fully saturated rings. The molecule has 0 saturated heterocycles. The fourth-order valence-electron chi connectivity index (χ4n) is 2.23. The van der Waals surface area contributed by atoms with Gasteiger partial charge in [0.25, 0.3) is 0 Å². The fraction of sp³-hybridized carbons (Fsp3) is 0.167. The molecule has 1 aromatic heterocycles. The summed E-state index contributed by atoms with van der Waals surface area (Å²) in [4.78, 5) is 4.43. The molecule has 3 aromatic rings. The standard InChI is InChI=1S/C18H19N5O/c1-13-4-3-5-15(10-13)21-18-22-17(12-20-23-18)19-11-14-6-8-16(24-2)9-7-14/h3-10,12H,11H2,1-2H3,(H2,19,21,22,23). The number of nitrogens with zero attached hydrogens (tertiary/aromatic N) is 3. The van der Waals surface area contributed by atoms with Crippen molar-refractivity contribution in [2.45, 2.75) is 13.5 Å². The van der Waals surface area contributed by atoms with Gasteiger partial charge in [-0.05, 0) is 42.3 Å². The predicted octanol–water partition coefficient (Wildman–Crippen LogP) is 3.54. The van der Waals surface area contributed by atoms with Gasteiger partial charge in [-0.1, -0.05) is 24.3 Å². The second-order valence-electron chi connectivity index (χ2n) is 5.36. The number of rotatable bonds is 6. The van der Waals surface area contributed by atoms with Crippen LogP contribution in [-0.4, -0.2) is 22.3 Å². The molecule has 3 rings (SSSR count). The smallest absolute Gasteiger partial charge is 0.249 e. The van der Waals surface area contributed by atoms with E-state index in [0.29, 0.717) is 18.3 Å². The number of benzene rings is 2. The van der Waals surface area contributed by atoms with Crippen LogP contribution in [-0.2, 0) is 6.54 Å². The van der Waals surface area contributed by atoms with Gasteiger partial charge in [-0.3, -0.25) is 0 Å². The van der Waals surface area contributed by atoms with Crippen molar-refractivity contribution < 1.29 is 4.74 Å². The first-order valence-corrected chi connectivity index (χ1v) is 7.63. The zero-order valence-corrected chi connectivity index (χ0v) is 13.7. The van der Waals surface area contributed by atoms with E-state index >= 15 is 0 Å². The molecule has 0 spiro atoms. The summed E-state index contributed by atoms with van der Waals surface area (Å²) in [5.41, 5.74) is 3.23. The quantitative estimate of drug-likeness (QED) is 0.723. The van der Waals surface area contributed by atoms with Gasteiger partial charge in [0.2, 0.25) is 5.95 Å². The molecule has 0 atom stereocenters. The van der Waals surface area contributed by atoms with E-state index in [0.717, 1.165) is 17.0 Å². The molecule has 0 bridgehead atoms. The number of aromatic nitrogens is 3. The minimum atomic E-state index is 0.459. The van der Waals surface area contributed by atoms with E-state index in [4.69, 9.17) is 4.74 Å². The van der Waals surface area contributed by atoms with Crippen molar-refractivity contribution in [3.8, 4) is 5.75 Å². The second-order valence-corrected chi connectivity index (χ2v) is 5.36. The van der Waals surface area contributed by atoms with E-state index in [1.807, 2.05) is 55.5 Å². The molecular weight excluding hydrogens is 302 g/mol. The molecule has 24 heavy (non-hydrogen) atoms. The van der Waals surface area contributed by atoms with Crippen molar-refractivity contribution >= 4 is 17.5 Å². The lowest BCUT2D eigenvalue weighted by Crippen LogP contribution is -2.05. The maximum atomic E-state index is 5.15. The lowest BCUT2D eigenvalue weighted by Gasteiger charge is -2.08. The van der Waals surface area contributed by atoms with Gasteiger partial charge >= 0.3 is 0 Å². The number of anilines is 3. The van der Waals surface area contributed by atoms with Crippen molar-refractivity contribution in [1.82, 2.24) is 15.2 Å². The van der Waals surface area contributed by atoms with Gasteiger partial charge in [-0.2, -0.15) is 10.1 Å². The van der Waals surface area contributed by atoms with Gasteiger partial charge in [0.1, 0.15) is 5.75 Å². The maximum absolute atomic E-state index is 5.15. The van der Waals surface area contributed by atoms with E-state index in [9.17, 15) is 0 Å². The van der Waals surface area contributed by atoms with Crippen LogP contribution in [0.3, 0.4) is 0 Å². The van der Waals surface area contributed by atoms with Crippen molar-refractivity contribution in [3.05, 3.63) is 65.9 Å². The number of methoxy groups -OCH3 is 1. The zero-order chi connectivity index (χ0) is 16.8. The van der Waals surface area contributed by atoms with Crippen LogP contribution in [0, 0.1) is 6.92 Å². The first kappa shape index (κ1) is 15.7. The van der Waals surface area contributed by atoms with Crippen molar-refractivity contribution in [1.29, 1.82) is 0 Å². The highest BCUT2D eigenvalue weighted by molar-refractivity contribution is 5.55. The Balaban J connectivity index is 1.64. The third kappa shape index (κ3) is 4.19. The highest BCUT2D eigenvalue weighted by atomic mass is 16.5. The lowest BCUT2D eigenvalue weighted by atomic mass is 10.2. The van der Waals surface area contributed by atoms with Crippen LogP contribution in [0.25, 0.3) is 0 Å². The first-order chi connectivity index (χ1) is 11.7. The van der Waals surface area contributed by atoms with Gasteiger partial charge in [-0.15, -0.1) is 5.10 Å². The molecule has 2 aromatic carbocycles. The molecule has 6 nitrogen and oxygen atoms in total. The third-order valence-electron chi connectivity index (χ3n) is 3.47. The Morgan fingerprint density at radius 1 is 1.08 bits per heavy atom. The number of aryl methyl sites for hydroxylation is 1. The Morgan fingerprint density at radius 2 is 1.92 bits per heavy atom. The molecule has 2 N–H and O–H groups in total. The number of hydrogen-bond acceptors (Lipinski definition) is 6. The zero-order valence-electron chi connectivity index (χ0n) is 13.7. The summed E-state index contributed by atoms with van der Waals surface area (Å²) in [6.07, 6.45) is 1.60. The molecule has 0 aliphatic carbocycles. The molecule has 1 heterocycles. The topological polar surface area (TPSA) is 72.0 Å². The summed E-state index contributed by atoms with van der Waals surface area (Å²) in [7, 11) is 1.66. The summed E-state index contributed by atoms with van der Waals surface area (Å²) >= 11 is 0. The summed E-state index contributed by atoms with van der Waals surface area (Å²) in [6.45, 7) is 2.68. The van der Waals surface area contributed by atoms with Crippen molar-refractivity contribution in [2.75, 3.05) is 17.7 Å². The van der Waals surface area contributed by atoms with E-state index in [-0.39, 0.29) is 0 Å². The molecule has 122 valence electrons. The Morgan fingerprint density at radius 3 is 2.67 bits per heavy atom. The number of hydrogen-bond donors (Lipinski definition) is 2.